The monoisotopic (exact) mass is 516 g/mol. The molecule has 0 bridgehead atoms. The van der Waals surface area contributed by atoms with Crippen LogP contribution in [0.25, 0.3) is 0 Å². The minimum Gasteiger partial charge on any atom is -0.480 e. The number of amides is 2. The Kier molecular flexibility index (Phi) is 8.99. The van der Waals surface area contributed by atoms with E-state index in [1.54, 1.807) is 36.7 Å². The number of nitrogens with zero attached hydrogens (tertiary/aromatic N) is 1. The number of H-pyrrole nitrogens is 1. The molecule has 3 rings (SSSR count). The van der Waals surface area contributed by atoms with E-state index in [4.69, 9.17) is 23.2 Å². The topological polar surface area (TPSA) is 141 Å². The Balaban J connectivity index is 1.51. The standard InChI is InChI=1S/C24H22Cl2N4O5/c25-17-5-2-6-18(26)21(17)23(33)30-19(24(34)35)8-7-16(31)13-29-22(32)15-4-1-3-14(11-15)12-20-27-9-10-28-20/h1-6,9-11,19H,7-8,12-13H2,(H,27,28)(H,29,32)(H,30,33)(H,34,35)/t19-/m0/s1. The highest BCUT2D eigenvalue weighted by Crippen LogP contribution is 2.24. The maximum Gasteiger partial charge on any atom is 0.326 e. The Morgan fingerprint density at radius 2 is 1.74 bits per heavy atom. The largest absolute Gasteiger partial charge is 0.480 e. The van der Waals surface area contributed by atoms with Gasteiger partial charge in [-0.05, 0) is 36.2 Å². The molecule has 9 nitrogen and oxygen atoms in total. The highest BCUT2D eigenvalue weighted by Gasteiger charge is 2.24. The molecule has 0 aliphatic carbocycles. The number of ketones is 1. The number of carbonyl (C=O) groups is 4. The fourth-order valence-corrected chi connectivity index (χ4v) is 3.86. The second-order valence-corrected chi connectivity index (χ2v) is 8.45. The van der Waals surface area contributed by atoms with Gasteiger partial charge in [-0.15, -0.1) is 0 Å². The van der Waals surface area contributed by atoms with E-state index >= 15 is 0 Å². The van der Waals surface area contributed by atoms with E-state index in [0.717, 1.165) is 11.4 Å². The molecule has 11 heteroatoms. The summed E-state index contributed by atoms with van der Waals surface area (Å²) in [5.41, 5.74) is 1.21. The summed E-state index contributed by atoms with van der Waals surface area (Å²) < 4.78 is 0. The van der Waals surface area contributed by atoms with Crippen LogP contribution in [-0.2, 0) is 16.0 Å². The van der Waals surface area contributed by atoms with Crippen LogP contribution < -0.4 is 10.6 Å². The predicted molar refractivity (Wildman–Crippen MR) is 130 cm³/mol. The van der Waals surface area contributed by atoms with Gasteiger partial charge in [0.15, 0.2) is 5.78 Å². The van der Waals surface area contributed by atoms with Crippen molar-refractivity contribution >= 4 is 46.8 Å². The maximum absolute atomic E-state index is 12.5. The van der Waals surface area contributed by atoms with Gasteiger partial charge in [0, 0.05) is 30.8 Å². The number of carbonyl (C=O) groups excluding carboxylic acids is 3. The Morgan fingerprint density at radius 1 is 1.03 bits per heavy atom. The van der Waals surface area contributed by atoms with Crippen molar-refractivity contribution in [3.63, 3.8) is 0 Å². The van der Waals surface area contributed by atoms with Crippen LogP contribution in [0.1, 0.15) is 44.9 Å². The summed E-state index contributed by atoms with van der Waals surface area (Å²) in [6.45, 7) is -0.280. The van der Waals surface area contributed by atoms with E-state index in [1.807, 2.05) is 6.07 Å². The predicted octanol–water partition coefficient (Wildman–Crippen LogP) is 3.27. The minimum absolute atomic E-state index is 0.0463. The highest BCUT2D eigenvalue weighted by atomic mass is 35.5. The summed E-state index contributed by atoms with van der Waals surface area (Å²) in [6, 6.07) is 10.1. The number of aliphatic carboxylic acids is 1. The van der Waals surface area contributed by atoms with Crippen molar-refractivity contribution in [3.05, 3.63) is 87.4 Å². The van der Waals surface area contributed by atoms with Crippen molar-refractivity contribution in [1.29, 1.82) is 0 Å². The molecule has 0 unspecified atom stereocenters. The summed E-state index contributed by atoms with van der Waals surface area (Å²) >= 11 is 12.0. The second kappa shape index (κ2) is 12.1. The average Bonchev–Trinajstić information content (AvgIpc) is 3.33. The molecule has 0 aliphatic heterocycles. The first-order valence-corrected chi connectivity index (χ1v) is 11.3. The van der Waals surface area contributed by atoms with E-state index in [9.17, 15) is 24.3 Å². The highest BCUT2D eigenvalue weighted by molar-refractivity contribution is 6.39. The normalized spacial score (nSPS) is 11.5. The lowest BCUT2D eigenvalue weighted by Gasteiger charge is -2.15. The molecule has 0 radical (unpaired) electrons. The molecular weight excluding hydrogens is 495 g/mol. The van der Waals surface area contributed by atoms with Gasteiger partial charge in [-0.25, -0.2) is 9.78 Å². The van der Waals surface area contributed by atoms with Crippen molar-refractivity contribution in [2.45, 2.75) is 25.3 Å². The van der Waals surface area contributed by atoms with E-state index < -0.39 is 23.8 Å². The molecule has 2 aromatic carbocycles. The lowest BCUT2D eigenvalue weighted by Crippen LogP contribution is -2.41. The lowest BCUT2D eigenvalue weighted by molar-refractivity contribution is -0.139. The van der Waals surface area contributed by atoms with Gasteiger partial charge in [0.25, 0.3) is 11.8 Å². The van der Waals surface area contributed by atoms with Gasteiger partial charge in [-0.1, -0.05) is 41.4 Å². The molecular formula is C24H22Cl2N4O5. The van der Waals surface area contributed by atoms with Crippen molar-refractivity contribution in [2.75, 3.05) is 6.54 Å². The minimum atomic E-state index is -1.34. The van der Waals surface area contributed by atoms with Crippen LogP contribution in [0.5, 0.6) is 0 Å². The molecule has 2 amide bonds. The number of benzene rings is 2. The second-order valence-electron chi connectivity index (χ2n) is 7.63. The Morgan fingerprint density at radius 3 is 2.40 bits per heavy atom. The van der Waals surface area contributed by atoms with Gasteiger partial charge in [0.2, 0.25) is 0 Å². The number of nitrogens with one attached hydrogen (secondary N) is 3. The van der Waals surface area contributed by atoms with Crippen LogP contribution in [0.15, 0.2) is 54.9 Å². The van der Waals surface area contributed by atoms with Crippen molar-refractivity contribution in [1.82, 2.24) is 20.6 Å². The number of carboxylic acid groups (broad SMARTS) is 1. The molecule has 4 N–H and O–H groups in total. The summed E-state index contributed by atoms with van der Waals surface area (Å²) in [5.74, 6) is -2.14. The third-order valence-corrected chi connectivity index (χ3v) is 5.70. The molecule has 182 valence electrons. The average molecular weight is 517 g/mol. The first-order valence-electron chi connectivity index (χ1n) is 10.6. The van der Waals surface area contributed by atoms with Crippen molar-refractivity contribution in [2.24, 2.45) is 0 Å². The number of carboxylic acids is 1. The van der Waals surface area contributed by atoms with Gasteiger partial charge < -0.3 is 20.7 Å². The van der Waals surface area contributed by atoms with Crippen LogP contribution in [-0.4, -0.2) is 51.2 Å². The fourth-order valence-electron chi connectivity index (χ4n) is 3.29. The lowest BCUT2D eigenvalue weighted by atomic mass is 10.1. The van der Waals surface area contributed by atoms with Crippen molar-refractivity contribution < 1.29 is 24.3 Å². The molecule has 1 aromatic heterocycles. The van der Waals surface area contributed by atoms with Gasteiger partial charge in [0.05, 0.1) is 22.2 Å². The Hall–Kier alpha value is -3.69. The smallest absolute Gasteiger partial charge is 0.326 e. The molecule has 0 saturated carbocycles. The number of imidazole rings is 1. The Labute approximate surface area is 210 Å². The number of hydrogen-bond donors (Lipinski definition) is 4. The van der Waals surface area contributed by atoms with E-state index in [2.05, 4.69) is 20.6 Å². The first kappa shape index (κ1) is 25.9. The quantitative estimate of drug-likeness (QED) is 0.308. The zero-order valence-electron chi connectivity index (χ0n) is 18.4. The summed E-state index contributed by atoms with van der Waals surface area (Å²) in [6.07, 6.45) is 3.53. The van der Waals surface area contributed by atoms with Gasteiger partial charge in [-0.3, -0.25) is 14.4 Å². The van der Waals surface area contributed by atoms with Gasteiger partial charge in [-0.2, -0.15) is 0 Å². The summed E-state index contributed by atoms with van der Waals surface area (Å²) in [5, 5.41) is 14.5. The van der Waals surface area contributed by atoms with E-state index in [1.165, 1.54) is 12.1 Å². The number of halogens is 2. The molecule has 0 spiro atoms. The molecule has 1 atom stereocenters. The number of Topliss-reactive ketones (excluding diaryl/α,β-unsaturated/α-hetero) is 1. The van der Waals surface area contributed by atoms with E-state index in [0.29, 0.717) is 12.0 Å². The van der Waals surface area contributed by atoms with Gasteiger partial charge in [0.1, 0.15) is 11.9 Å². The fraction of sp³-hybridized carbons (Fsp3) is 0.208. The van der Waals surface area contributed by atoms with Crippen LogP contribution >= 0.6 is 23.2 Å². The Bertz CT molecular complexity index is 1210. The molecule has 0 aliphatic rings. The first-order chi connectivity index (χ1) is 16.7. The van der Waals surface area contributed by atoms with Crippen LogP contribution in [0.4, 0.5) is 0 Å². The van der Waals surface area contributed by atoms with E-state index in [-0.39, 0.29) is 40.8 Å². The van der Waals surface area contributed by atoms with Gasteiger partial charge >= 0.3 is 5.97 Å². The zero-order chi connectivity index (χ0) is 25.4. The summed E-state index contributed by atoms with van der Waals surface area (Å²) in [7, 11) is 0. The third-order valence-electron chi connectivity index (χ3n) is 5.07. The van der Waals surface area contributed by atoms with Crippen LogP contribution in [0.3, 0.4) is 0 Å². The number of aromatic nitrogens is 2. The number of aromatic amines is 1. The molecule has 0 fully saturated rings. The zero-order valence-corrected chi connectivity index (χ0v) is 19.9. The molecule has 0 saturated heterocycles. The number of hydrogen-bond acceptors (Lipinski definition) is 5. The van der Waals surface area contributed by atoms with Crippen molar-refractivity contribution in [3.8, 4) is 0 Å². The summed E-state index contributed by atoms with van der Waals surface area (Å²) in [4.78, 5) is 55.9. The number of rotatable bonds is 11. The molecule has 1 heterocycles. The maximum atomic E-state index is 12.5. The third kappa shape index (κ3) is 7.40. The van der Waals surface area contributed by atoms with Crippen LogP contribution in [0, 0.1) is 0 Å². The SMILES string of the molecule is O=C(CC[C@H](NC(=O)c1c(Cl)cccc1Cl)C(=O)O)CNC(=O)c1cccc(Cc2ncc[nH]2)c1. The van der Waals surface area contributed by atoms with Crippen LogP contribution in [0.2, 0.25) is 10.0 Å². The molecule has 35 heavy (non-hydrogen) atoms. The molecule has 3 aromatic rings.